The monoisotopic (exact) mass is 463 g/mol. The number of carbonyl (C=O) groups excluding carboxylic acids is 2. The van der Waals surface area contributed by atoms with Crippen molar-refractivity contribution in [3.8, 4) is 0 Å². The fourth-order valence-corrected chi connectivity index (χ4v) is 4.90. The largest absolute Gasteiger partial charge is 0.392 e. The zero-order valence-electron chi connectivity index (χ0n) is 25.6. The average Bonchev–Trinajstić information content (AvgIpc) is 3.34. The summed E-state index contributed by atoms with van der Waals surface area (Å²) in [6.07, 6.45) is 14.0. The van der Waals surface area contributed by atoms with E-state index >= 15 is 0 Å². The van der Waals surface area contributed by atoms with Crippen molar-refractivity contribution in [3.63, 3.8) is 0 Å². The van der Waals surface area contributed by atoms with Crippen LogP contribution >= 0.6 is 0 Å². The molecule has 0 aliphatic heterocycles. The van der Waals surface area contributed by atoms with Crippen LogP contribution in [0.25, 0.3) is 0 Å². The molecule has 0 bridgehead atoms. The van der Waals surface area contributed by atoms with Gasteiger partial charge in [-0.05, 0) is 56.2 Å². The second-order valence-electron chi connectivity index (χ2n) is 9.81. The summed E-state index contributed by atoms with van der Waals surface area (Å²) in [7, 11) is 0. The molecule has 8 atom stereocenters. The van der Waals surface area contributed by atoms with Gasteiger partial charge >= 0.3 is 0 Å². The van der Waals surface area contributed by atoms with E-state index in [-0.39, 0.29) is 53.6 Å². The maximum atomic E-state index is 11.8. The Bertz CT molecular complexity index is 873. The number of hydrogen-bond acceptors (Lipinski definition) is 4. The molecule has 4 nitrogen and oxygen atoms in total. The molecule has 0 aromatic rings. The van der Waals surface area contributed by atoms with Crippen molar-refractivity contribution >= 4 is 11.6 Å². The maximum Gasteiger partial charge on any atom is 0.138 e. The molecule has 2 N–H and O–H groups in total. The van der Waals surface area contributed by atoms with E-state index in [9.17, 15) is 19.8 Å². The number of Topliss-reactive ketones (excluding diaryl/α,β-unsaturated/α-hetero) is 2. The minimum absolute atomic E-state index is 0.0121. The summed E-state index contributed by atoms with van der Waals surface area (Å²) in [5, 5.41) is 20.5. The maximum absolute atomic E-state index is 11.8. The fourth-order valence-electron chi connectivity index (χ4n) is 4.90. The molecule has 0 radical (unpaired) electrons. The molecular formula is C29H46O4. The van der Waals surface area contributed by atoms with Gasteiger partial charge < -0.3 is 10.2 Å². The SMILES string of the molecule is [2H]C([2H])([2H])C=CC=CC[C@@H](C)C(O)[C@H]1C(=O)CCC1C.[2H]C([2H])=CC=CC[C@@H](C)C(O)[C@H]1C(=O)CCC1C. The van der Waals surface area contributed by atoms with Crippen molar-refractivity contribution in [2.24, 2.45) is 35.5 Å². The normalized spacial score (nSPS) is 31.9. The van der Waals surface area contributed by atoms with Gasteiger partial charge in [0.25, 0.3) is 0 Å². The van der Waals surface area contributed by atoms with Crippen LogP contribution in [-0.4, -0.2) is 34.0 Å². The van der Waals surface area contributed by atoms with Gasteiger partial charge in [-0.15, -0.1) is 0 Å². The number of carbonyl (C=O) groups is 2. The molecule has 4 heteroatoms. The number of hydrogen-bond donors (Lipinski definition) is 2. The summed E-state index contributed by atoms with van der Waals surface area (Å²) in [5.74, 6) is 0.425. The molecule has 186 valence electrons. The first-order valence-electron chi connectivity index (χ1n) is 14.7. The highest BCUT2D eigenvalue weighted by Crippen LogP contribution is 2.35. The van der Waals surface area contributed by atoms with Crippen LogP contribution in [0.15, 0.2) is 49.1 Å². The third-order valence-electron chi connectivity index (χ3n) is 7.16. The van der Waals surface area contributed by atoms with E-state index in [0.717, 1.165) is 18.9 Å². The topological polar surface area (TPSA) is 74.6 Å². The van der Waals surface area contributed by atoms with Crippen LogP contribution in [0, 0.1) is 35.5 Å². The van der Waals surface area contributed by atoms with Gasteiger partial charge in [0.1, 0.15) is 11.6 Å². The lowest BCUT2D eigenvalue weighted by atomic mass is 9.83. The number of allylic oxidation sites excluding steroid dienone is 7. The van der Waals surface area contributed by atoms with E-state index in [1.807, 2.05) is 39.8 Å². The quantitative estimate of drug-likeness (QED) is 0.398. The van der Waals surface area contributed by atoms with Gasteiger partial charge in [-0.1, -0.05) is 76.8 Å². The number of aliphatic hydroxyl groups excluding tert-OH is 2. The molecule has 2 saturated carbocycles. The van der Waals surface area contributed by atoms with E-state index in [1.165, 1.54) is 12.2 Å². The molecule has 2 fully saturated rings. The minimum atomic E-state index is -2.05. The Morgan fingerprint density at radius 1 is 0.939 bits per heavy atom. The third-order valence-corrected chi connectivity index (χ3v) is 7.16. The molecule has 2 aliphatic carbocycles. The van der Waals surface area contributed by atoms with Crippen LogP contribution in [-0.2, 0) is 9.59 Å². The third kappa shape index (κ3) is 9.17. The van der Waals surface area contributed by atoms with E-state index in [4.69, 9.17) is 6.85 Å². The van der Waals surface area contributed by atoms with Gasteiger partial charge in [0, 0.05) is 28.8 Å². The Morgan fingerprint density at radius 2 is 1.42 bits per heavy atom. The molecule has 33 heavy (non-hydrogen) atoms. The lowest BCUT2D eigenvalue weighted by molar-refractivity contribution is -0.126. The van der Waals surface area contributed by atoms with Crippen LogP contribution in [0.2, 0.25) is 0 Å². The van der Waals surface area contributed by atoms with Crippen molar-refractivity contribution in [2.75, 3.05) is 0 Å². The second-order valence-corrected chi connectivity index (χ2v) is 9.81. The molecule has 4 unspecified atom stereocenters. The smallest absolute Gasteiger partial charge is 0.138 e. The first kappa shape index (κ1) is 21.7. The van der Waals surface area contributed by atoms with Crippen molar-refractivity contribution in [3.05, 3.63) is 49.1 Å². The van der Waals surface area contributed by atoms with Gasteiger partial charge in [0.15, 0.2) is 0 Å². The first-order valence-corrected chi connectivity index (χ1v) is 12.2. The molecule has 0 heterocycles. The molecular weight excluding hydrogens is 412 g/mol. The first-order chi connectivity index (χ1) is 17.7. The Balaban J connectivity index is 0.000000382. The Morgan fingerprint density at radius 3 is 1.82 bits per heavy atom. The van der Waals surface area contributed by atoms with Crippen molar-refractivity contribution in [2.45, 2.75) is 85.3 Å². The second kappa shape index (κ2) is 15.2. The summed E-state index contributed by atoms with van der Waals surface area (Å²) in [6, 6.07) is 0. The van der Waals surface area contributed by atoms with Gasteiger partial charge in [-0.25, -0.2) is 0 Å². The highest BCUT2D eigenvalue weighted by atomic mass is 16.3. The highest BCUT2D eigenvalue weighted by molar-refractivity contribution is 5.84. The standard InChI is InChI=1S/C15H24O2.C14H22O2/c1-4-5-6-7-8-12(3)15(17)14-11(2)9-10-13(14)16;1-4-5-6-7-11(3)14(16)13-10(2)8-9-12(13)15/h4-7,11-12,14-15,17H,8-10H2,1-3H3;4-6,10-11,13-14,16H,1,7-9H2,2-3H3/t11?,12-,14-,15?;10?,11-,13-,14?/m11/s1/i1D3;1D2. The molecule has 0 spiro atoms. The van der Waals surface area contributed by atoms with E-state index in [0.29, 0.717) is 25.7 Å². The van der Waals surface area contributed by atoms with Gasteiger partial charge in [-0.3, -0.25) is 9.59 Å². The van der Waals surface area contributed by atoms with E-state index in [1.54, 1.807) is 12.2 Å². The van der Waals surface area contributed by atoms with Crippen LogP contribution in [0.4, 0.5) is 0 Å². The minimum Gasteiger partial charge on any atom is -0.392 e. The van der Waals surface area contributed by atoms with E-state index in [2.05, 4.69) is 0 Å². The highest BCUT2D eigenvalue weighted by Gasteiger charge is 2.39. The summed E-state index contributed by atoms with van der Waals surface area (Å²) < 4.78 is 34.9. The number of rotatable bonds is 10. The Hall–Kier alpha value is -1.78. The van der Waals surface area contributed by atoms with Gasteiger partial charge in [0.2, 0.25) is 0 Å². The van der Waals surface area contributed by atoms with Crippen LogP contribution in [0.5, 0.6) is 0 Å². The lowest BCUT2D eigenvalue weighted by Crippen LogP contribution is -2.33. The summed E-state index contributed by atoms with van der Waals surface area (Å²) >= 11 is 0. The van der Waals surface area contributed by atoms with Gasteiger partial charge in [-0.2, -0.15) is 0 Å². The molecule has 0 aromatic carbocycles. The van der Waals surface area contributed by atoms with Crippen LogP contribution < -0.4 is 0 Å². The van der Waals surface area contributed by atoms with Gasteiger partial charge in [0.05, 0.1) is 14.9 Å². The lowest BCUT2D eigenvalue weighted by Gasteiger charge is -2.25. The zero-order chi connectivity index (χ0) is 29.0. The summed E-state index contributed by atoms with van der Waals surface area (Å²) in [5.41, 5.74) is 0. The van der Waals surface area contributed by atoms with E-state index < -0.39 is 19.1 Å². The Kier molecular flexibility index (Phi) is 10.0. The summed E-state index contributed by atoms with van der Waals surface area (Å²) in [6.45, 7) is 5.59. The predicted molar refractivity (Wildman–Crippen MR) is 137 cm³/mol. The predicted octanol–water partition coefficient (Wildman–Crippen LogP) is 5.85. The van der Waals surface area contributed by atoms with Crippen molar-refractivity contribution < 1.29 is 26.7 Å². The van der Waals surface area contributed by atoms with Crippen LogP contribution in [0.3, 0.4) is 0 Å². The number of aliphatic hydroxyl groups is 2. The Labute approximate surface area is 208 Å². The summed E-state index contributed by atoms with van der Waals surface area (Å²) in [4.78, 5) is 23.5. The molecule has 0 amide bonds. The average molecular weight is 464 g/mol. The zero-order valence-corrected chi connectivity index (χ0v) is 20.6. The molecule has 2 aliphatic rings. The molecule has 0 saturated heterocycles. The number of ketones is 2. The molecule has 0 aromatic heterocycles. The fraction of sp³-hybridized carbons (Fsp3) is 0.655. The van der Waals surface area contributed by atoms with Crippen molar-refractivity contribution in [1.82, 2.24) is 0 Å². The van der Waals surface area contributed by atoms with Crippen LogP contribution in [0.1, 0.15) is 79.9 Å². The molecule has 2 rings (SSSR count). The van der Waals surface area contributed by atoms with Crippen molar-refractivity contribution in [1.29, 1.82) is 0 Å².